The Bertz CT molecular complexity index is 591. The molecule has 118 valence electrons. The monoisotopic (exact) mass is 313 g/mol. The van der Waals surface area contributed by atoms with E-state index in [2.05, 4.69) is 0 Å². The first-order chi connectivity index (χ1) is 11.0. The number of carbonyl (C=O) groups excluding carboxylic acids is 3. The van der Waals surface area contributed by atoms with Gasteiger partial charge in [-0.1, -0.05) is 24.3 Å². The Morgan fingerprint density at radius 2 is 0.739 bits per heavy atom. The lowest BCUT2D eigenvalue weighted by Crippen LogP contribution is -1.85. The number of hydrogen-bond acceptors (Lipinski definition) is 8. The van der Waals surface area contributed by atoms with Crippen molar-refractivity contribution in [3.8, 4) is 11.1 Å². The van der Waals surface area contributed by atoms with Crippen molar-refractivity contribution in [2.75, 3.05) is 11.5 Å². The van der Waals surface area contributed by atoms with Crippen LogP contribution in [0.1, 0.15) is 0 Å². The summed E-state index contributed by atoms with van der Waals surface area (Å²) >= 11 is 0. The Morgan fingerprint density at radius 1 is 0.565 bits per heavy atom. The van der Waals surface area contributed by atoms with Gasteiger partial charge in [0.25, 0.3) is 0 Å². The number of anilines is 2. The summed E-state index contributed by atoms with van der Waals surface area (Å²) < 4.78 is 0. The fraction of sp³-hybridized carbons (Fsp3) is 0. The Labute approximate surface area is 132 Å². The molecule has 7 N–H and O–H groups in total. The van der Waals surface area contributed by atoms with Crippen molar-refractivity contribution >= 4 is 29.6 Å². The van der Waals surface area contributed by atoms with Gasteiger partial charge in [-0.3, -0.25) is 0 Å². The topological polar surface area (TPSA) is 175 Å². The van der Waals surface area contributed by atoms with E-state index in [1.165, 1.54) is 0 Å². The number of nitrogen functional groups attached to an aromatic ring is 2. The largest absolute Gasteiger partial charge is 0.399 e. The number of nitrogens with two attached hydrogens (primary N) is 2. The lowest BCUT2D eigenvalue weighted by molar-refractivity contribution is 0.562. The molecule has 0 atom stereocenters. The van der Waals surface area contributed by atoms with Crippen LogP contribution in [0.4, 0.5) is 11.4 Å². The van der Waals surface area contributed by atoms with Crippen LogP contribution in [0.15, 0.2) is 48.5 Å². The molecule has 0 amide bonds. The van der Waals surface area contributed by atoms with Gasteiger partial charge in [-0.2, -0.15) is 0 Å². The Kier molecular flexibility index (Phi) is 13.6. The summed E-state index contributed by atoms with van der Waals surface area (Å²) in [6.07, 6.45) is 2.25. The highest BCUT2D eigenvalue weighted by molar-refractivity contribution is 5.67. The zero-order valence-corrected chi connectivity index (χ0v) is 12.0. The first-order valence-electron chi connectivity index (χ1n) is 5.83. The number of benzene rings is 2. The van der Waals surface area contributed by atoms with E-state index in [9.17, 15) is 0 Å². The number of nitrogens with one attached hydrogen (secondary N) is 3. The molecule has 2 rings (SSSR count). The van der Waals surface area contributed by atoms with Crippen molar-refractivity contribution in [1.82, 2.24) is 0 Å². The minimum absolute atomic E-state index is 0.750. The maximum Gasteiger partial charge on any atom is 0.231 e. The Balaban J connectivity index is 0. The summed E-state index contributed by atoms with van der Waals surface area (Å²) in [5.74, 6) is 0. The molecule has 0 unspecified atom stereocenters. The Morgan fingerprint density at radius 3 is 0.913 bits per heavy atom. The van der Waals surface area contributed by atoms with Crippen LogP contribution in [0.3, 0.4) is 0 Å². The maximum atomic E-state index is 8.35. The van der Waals surface area contributed by atoms with Gasteiger partial charge >= 0.3 is 0 Å². The standard InChI is InChI=1S/C12H12N2.3CHNO/c13-11-5-1-9(2-6-11)10-3-7-12(14)8-4-10;3*2-1-3/h1-8H,13-14H2;3*2H. The molecule has 0 spiro atoms. The quantitative estimate of drug-likeness (QED) is 0.307. The van der Waals surface area contributed by atoms with E-state index < -0.39 is 0 Å². The molecule has 0 fully saturated rings. The zero-order chi connectivity index (χ0) is 18.1. The highest BCUT2D eigenvalue weighted by atomic mass is 16.1. The summed E-state index contributed by atoms with van der Waals surface area (Å²) in [4.78, 5) is 25.0. The zero-order valence-electron chi connectivity index (χ0n) is 12.0. The normalized spacial score (nSPS) is 7.13. The smallest absolute Gasteiger partial charge is 0.231 e. The molecule has 0 heterocycles. The van der Waals surface area contributed by atoms with Gasteiger partial charge in [0.05, 0.1) is 0 Å². The molecule has 0 aliphatic heterocycles. The fourth-order valence-corrected chi connectivity index (χ4v) is 1.35. The third kappa shape index (κ3) is 11.7. The van der Waals surface area contributed by atoms with Crippen LogP contribution in [-0.2, 0) is 14.4 Å². The minimum Gasteiger partial charge on any atom is -0.399 e. The summed E-state index contributed by atoms with van der Waals surface area (Å²) in [5, 5.41) is 16.2. The molecule has 8 nitrogen and oxygen atoms in total. The predicted molar refractivity (Wildman–Crippen MR) is 85.9 cm³/mol. The van der Waals surface area contributed by atoms with E-state index in [0.717, 1.165) is 40.7 Å². The molecule has 8 heteroatoms. The van der Waals surface area contributed by atoms with E-state index >= 15 is 0 Å². The Hall–Kier alpha value is -3.82. The van der Waals surface area contributed by atoms with Crippen molar-refractivity contribution in [1.29, 1.82) is 16.2 Å². The van der Waals surface area contributed by atoms with Crippen molar-refractivity contribution < 1.29 is 14.4 Å². The van der Waals surface area contributed by atoms with Crippen LogP contribution < -0.4 is 11.5 Å². The molecule has 0 aliphatic carbocycles. The third-order valence-electron chi connectivity index (χ3n) is 2.15. The second-order valence-electron chi connectivity index (χ2n) is 3.55. The van der Waals surface area contributed by atoms with Crippen molar-refractivity contribution in [3.05, 3.63) is 48.5 Å². The van der Waals surface area contributed by atoms with Crippen LogP contribution in [0.25, 0.3) is 11.1 Å². The lowest BCUT2D eigenvalue weighted by atomic mass is 10.1. The third-order valence-corrected chi connectivity index (χ3v) is 2.15. The van der Waals surface area contributed by atoms with E-state index in [0.29, 0.717) is 0 Å². The molecule has 0 bridgehead atoms. The van der Waals surface area contributed by atoms with Gasteiger partial charge in [0.1, 0.15) is 0 Å². The molecule has 0 aliphatic rings. The van der Waals surface area contributed by atoms with Crippen LogP contribution >= 0.6 is 0 Å². The van der Waals surface area contributed by atoms with E-state index in [4.69, 9.17) is 42.1 Å². The molecule has 23 heavy (non-hydrogen) atoms. The molecule has 0 radical (unpaired) electrons. The average Bonchev–Trinajstić information content (AvgIpc) is 2.51. The van der Waals surface area contributed by atoms with Gasteiger partial charge in [-0.25, -0.2) is 30.6 Å². The number of isocyanates is 3. The van der Waals surface area contributed by atoms with E-state index in [1.807, 2.05) is 48.5 Å². The van der Waals surface area contributed by atoms with Gasteiger partial charge in [0.2, 0.25) is 18.2 Å². The van der Waals surface area contributed by atoms with Crippen molar-refractivity contribution in [3.63, 3.8) is 0 Å². The predicted octanol–water partition coefficient (Wildman–Crippen LogP) is 2.22. The lowest BCUT2D eigenvalue weighted by Gasteiger charge is -2.02. The maximum absolute atomic E-state index is 8.35. The molecule has 0 saturated carbocycles. The molecular formula is C15H15N5O3. The molecule has 0 aromatic heterocycles. The molecule has 2 aromatic rings. The molecule has 2 aromatic carbocycles. The first kappa shape index (κ1) is 21.5. The summed E-state index contributed by atoms with van der Waals surface area (Å²) in [6, 6.07) is 15.6. The van der Waals surface area contributed by atoms with E-state index in [-0.39, 0.29) is 0 Å². The average molecular weight is 313 g/mol. The van der Waals surface area contributed by atoms with E-state index in [1.54, 1.807) is 0 Å². The van der Waals surface area contributed by atoms with Gasteiger partial charge in [0.15, 0.2) is 0 Å². The van der Waals surface area contributed by atoms with Crippen LogP contribution in [0.5, 0.6) is 0 Å². The van der Waals surface area contributed by atoms with Gasteiger partial charge in [0, 0.05) is 11.4 Å². The van der Waals surface area contributed by atoms with Crippen molar-refractivity contribution in [2.45, 2.75) is 0 Å². The SMILES string of the molecule is N=C=O.N=C=O.N=C=O.Nc1ccc(-c2ccc(N)cc2)cc1. The van der Waals surface area contributed by atoms with Crippen LogP contribution in [-0.4, -0.2) is 18.2 Å². The number of hydrogen-bond donors (Lipinski definition) is 5. The second kappa shape index (κ2) is 14.6. The molecule has 0 saturated heterocycles. The van der Waals surface area contributed by atoms with Gasteiger partial charge in [-0.15, -0.1) is 0 Å². The minimum atomic E-state index is 0.750. The van der Waals surface area contributed by atoms with Gasteiger partial charge in [-0.05, 0) is 35.4 Å². The van der Waals surface area contributed by atoms with Crippen molar-refractivity contribution in [2.24, 2.45) is 0 Å². The first-order valence-corrected chi connectivity index (χ1v) is 5.83. The number of rotatable bonds is 1. The summed E-state index contributed by atoms with van der Waals surface area (Å²) in [6.45, 7) is 0. The molecular weight excluding hydrogens is 298 g/mol. The summed E-state index contributed by atoms with van der Waals surface area (Å²) in [5.41, 5.74) is 15.1. The highest BCUT2D eigenvalue weighted by Gasteiger charge is 1.95. The van der Waals surface area contributed by atoms with Gasteiger partial charge < -0.3 is 11.5 Å². The van der Waals surface area contributed by atoms with Crippen LogP contribution in [0.2, 0.25) is 0 Å². The second-order valence-corrected chi connectivity index (χ2v) is 3.55. The fourth-order valence-electron chi connectivity index (χ4n) is 1.35. The highest BCUT2D eigenvalue weighted by Crippen LogP contribution is 2.21. The summed E-state index contributed by atoms with van der Waals surface area (Å²) in [7, 11) is 0. The van der Waals surface area contributed by atoms with Crippen LogP contribution in [0, 0.1) is 16.2 Å².